The third-order valence-electron chi connectivity index (χ3n) is 2.65. The molecule has 0 saturated carbocycles. The highest BCUT2D eigenvalue weighted by molar-refractivity contribution is 5.80. The van der Waals surface area contributed by atoms with E-state index in [2.05, 4.69) is 5.32 Å². The quantitative estimate of drug-likeness (QED) is 0.796. The van der Waals surface area contributed by atoms with Gasteiger partial charge in [0, 0.05) is 13.1 Å². The predicted molar refractivity (Wildman–Crippen MR) is 74.7 cm³/mol. The van der Waals surface area contributed by atoms with Gasteiger partial charge in [0.2, 0.25) is 0 Å². The minimum atomic E-state index is -1.04. The fourth-order valence-electron chi connectivity index (χ4n) is 1.70. The number of benzene rings is 1. The molecule has 0 unspecified atom stereocenters. The van der Waals surface area contributed by atoms with Crippen molar-refractivity contribution in [1.29, 1.82) is 0 Å². The Morgan fingerprint density at radius 1 is 1.40 bits per heavy atom. The Labute approximate surface area is 118 Å². The summed E-state index contributed by atoms with van der Waals surface area (Å²) in [5.74, 6) is -0.369. The molecule has 0 radical (unpaired) electrons. The second kappa shape index (κ2) is 8.04. The van der Waals surface area contributed by atoms with E-state index in [1.54, 1.807) is 25.3 Å². The molecule has 0 saturated heterocycles. The van der Waals surface area contributed by atoms with E-state index in [1.807, 2.05) is 13.0 Å². The van der Waals surface area contributed by atoms with Gasteiger partial charge in [-0.2, -0.15) is 0 Å². The topological polar surface area (TPSA) is 78.9 Å². The Balaban J connectivity index is 2.77. The number of carbonyl (C=O) groups excluding carboxylic acids is 1. The summed E-state index contributed by atoms with van der Waals surface area (Å²) < 4.78 is 5.11. The van der Waals surface area contributed by atoms with Crippen LogP contribution >= 0.6 is 0 Å². The lowest BCUT2D eigenvalue weighted by atomic mass is 10.2. The van der Waals surface area contributed by atoms with Crippen molar-refractivity contribution >= 4 is 12.0 Å². The Bertz CT molecular complexity index is 462. The van der Waals surface area contributed by atoms with Crippen LogP contribution in [-0.4, -0.2) is 42.2 Å². The van der Waals surface area contributed by atoms with Crippen LogP contribution < -0.4 is 10.1 Å². The van der Waals surface area contributed by atoms with Gasteiger partial charge < -0.3 is 20.1 Å². The van der Waals surface area contributed by atoms with Crippen molar-refractivity contribution in [2.24, 2.45) is 0 Å². The van der Waals surface area contributed by atoms with Gasteiger partial charge in [0.25, 0.3) is 0 Å². The number of methoxy groups -OCH3 is 1. The van der Waals surface area contributed by atoms with Crippen LogP contribution in [-0.2, 0) is 11.3 Å². The van der Waals surface area contributed by atoms with Crippen LogP contribution in [0, 0.1) is 0 Å². The van der Waals surface area contributed by atoms with Crippen molar-refractivity contribution in [3.8, 4) is 5.75 Å². The summed E-state index contributed by atoms with van der Waals surface area (Å²) in [4.78, 5) is 24.0. The third-order valence-corrected chi connectivity index (χ3v) is 2.65. The summed E-state index contributed by atoms with van der Waals surface area (Å²) in [6.07, 6.45) is 0.797. The number of carboxylic acids is 1. The predicted octanol–water partition coefficient (Wildman–Crippen LogP) is 1.70. The lowest BCUT2D eigenvalue weighted by Crippen LogP contribution is -2.42. The molecule has 0 bridgehead atoms. The largest absolute Gasteiger partial charge is 0.497 e. The maximum atomic E-state index is 11.9. The number of carbonyl (C=O) groups is 2. The smallest absolute Gasteiger partial charge is 0.323 e. The normalized spacial score (nSPS) is 9.90. The summed E-state index contributed by atoms with van der Waals surface area (Å²) in [7, 11) is 1.56. The fourth-order valence-corrected chi connectivity index (χ4v) is 1.70. The molecule has 20 heavy (non-hydrogen) atoms. The second-order valence-corrected chi connectivity index (χ2v) is 4.33. The first-order valence-corrected chi connectivity index (χ1v) is 6.44. The zero-order valence-electron chi connectivity index (χ0n) is 11.8. The first-order valence-electron chi connectivity index (χ1n) is 6.44. The van der Waals surface area contributed by atoms with E-state index in [0.717, 1.165) is 12.0 Å². The standard InChI is InChI=1S/C14H20N2O4/c1-3-7-15-14(19)16(10-13(17)18)9-11-5-4-6-12(8-11)20-2/h4-6,8H,3,7,9-10H2,1-2H3,(H,15,19)(H,17,18). The highest BCUT2D eigenvalue weighted by atomic mass is 16.5. The highest BCUT2D eigenvalue weighted by Crippen LogP contribution is 2.14. The van der Waals surface area contributed by atoms with Crippen LogP contribution in [0.1, 0.15) is 18.9 Å². The van der Waals surface area contributed by atoms with Crippen LogP contribution in [0.25, 0.3) is 0 Å². The molecule has 2 N–H and O–H groups in total. The molecule has 0 aromatic heterocycles. The van der Waals surface area contributed by atoms with Crippen molar-refractivity contribution in [3.63, 3.8) is 0 Å². The number of amides is 2. The highest BCUT2D eigenvalue weighted by Gasteiger charge is 2.16. The van der Waals surface area contributed by atoms with Crippen molar-refractivity contribution in [3.05, 3.63) is 29.8 Å². The van der Waals surface area contributed by atoms with Gasteiger partial charge in [-0.3, -0.25) is 4.79 Å². The molecule has 0 aliphatic carbocycles. The molecule has 0 heterocycles. The molecular weight excluding hydrogens is 260 g/mol. The summed E-state index contributed by atoms with van der Waals surface area (Å²) in [5, 5.41) is 11.6. The van der Waals surface area contributed by atoms with Crippen molar-refractivity contribution in [2.45, 2.75) is 19.9 Å². The van der Waals surface area contributed by atoms with E-state index in [4.69, 9.17) is 9.84 Å². The SMILES string of the molecule is CCCNC(=O)N(CC(=O)O)Cc1cccc(OC)c1. The minimum Gasteiger partial charge on any atom is -0.497 e. The Hall–Kier alpha value is -2.24. The van der Waals surface area contributed by atoms with Gasteiger partial charge in [-0.15, -0.1) is 0 Å². The number of carboxylic acid groups (broad SMARTS) is 1. The van der Waals surface area contributed by atoms with Gasteiger partial charge in [-0.1, -0.05) is 19.1 Å². The van der Waals surface area contributed by atoms with Crippen LogP contribution in [0.5, 0.6) is 5.75 Å². The molecule has 110 valence electrons. The second-order valence-electron chi connectivity index (χ2n) is 4.33. The number of nitrogens with zero attached hydrogens (tertiary/aromatic N) is 1. The molecule has 0 spiro atoms. The molecule has 0 fully saturated rings. The minimum absolute atomic E-state index is 0.221. The van der Waals surface area contributed by atoms with E-state index in [0.29, 0.717) is 12.3 Å². The lowest BCUT2D eigenvalue weighted by Gasteiger charge is -2.21. The van der Waals surface area contributed by atoms with Crippen LogP contribution in [0.2, 0.25) is 0 Å². The van der Waals surface area contributed by atoms with Gasteiger partial charge in [-0.05, 0) is 24.1 Å². The van der Waals surface area contributed by atoms with E-state index in [9.17, 15) is 9.59 Å². The fraction of sp³-hybridized carbons (Fsp3) is 0.429. The Kier molecular flexibility index (Phi) is 6.36. The van der Waals surface area contributed by atoms with Crippen molar-refractivity contribution in [2.75, 3.05) is 20.2 Å². The van der Waals surface area contributed by atoms with Gasteiger partial charge in [0.15, 0.2) is 0 Å². The first kappa shape index (κ1) is 15.8. The van der Waals surface area contributed by atoms with E-state index >= 15 is 0 Å². The molecule has 1 rings (SSSR count). The zero-order valence-corrected chi connectivity index (χ0v) is 11.8. The van der Waals surface area contributed by atoms with Gasteiger partial charge >= 0.3 is 12.0 Å². The van der Waals surface area contributed by atoms with Gasteiger partial charge in [0.1, 0.15) is 12.3 Å². The number of urea groups is 1. The molecule has 0 aliphatic heterocycles. The van der Waals surface area contributed by atoms with Crippen molar-refractivity contribution in [1.82, 2.24) is 10.2 Å². The lowest BCUT2D eigenvalue weighted by molar-refractivity contribution is -0.137. The summed E-state index contributed by atoms with van der Waals surface area (Å²) in [6.45, 7) is 2.34. The van der Waals surface area contributed by atoms with Crippen molar-refractivity contribution < 1.29 is 19.4 Å². The summed E-state index contributed by atoms with van der Waals surface area (Å²) >= 11 is 0. The van der Waals surface area contributed by atoms with E-state index < -0.39 is 5.97 Å². The first-order chi connectivity index (χ1) is 9.56. The number of nitrogens with one attached hydrogen (secondary N) is 1. The maximum absolute atomic E-state index is 11.9. The molecule has 6 nitrogen and oxygen atoms in total. The summed E-state index contributed by atoms with van der Waals surface area (Å²) in [6, 6.07) is 6.82. The molecule has 1 aromatic carbocycles. The monoisotopic (exact) mass is 280 g/mol. The molecule has 2 amide bonds. The van der Waals surface area contributed by atoms with E-state index in [1.165, 1.54) is 4.90 Å². The third kappa shape index (κ3) is 5.17. The average Bonchev–Trinajstić information content (AvgIpc) is 2.43. The Morgan fingerprint density at radius 2 is 2.15 bits per heavy atom. The van der Waals surface area contributed by atoms with E-state index in [-0.39, 0.29) is 19.1 Å². The molecule has 1 aromatic rings. The van der Waals surface area contributed by atoms with Gasteiger partial charge in [-0.25, -0.2) is 4.79 Å². The average molecular weight is 280 g/mol. The number of hydrogen-bond acceptors (Lipinski definition) is 3. The van der Waals surface area contributed by atoms with Crippen LogP contribution in [0.15, 0.2) is 24.3 Å². The van der Waals surface area contributed by atoms with Crippen LogP contribution in [0.4, 0.5) is 4.79 Å². The number of hydrogen-bond donors (Lipinski definition) is 2. The maximum Gasteiger partial charge on any atom is 0.323 e. The van der Waals surface area contributed by atoms with Crippen LogP contribution in [0.3, 0.4) is 0 Å². The number of aliphatic carboxylic acids is 1. The molecule has 0 atom stereocenters. The number of ether oxygens (including phenoxy) is 1. The zero-order chi connectivity index (χ0) is 15.0. The number of rotatable bonds is 7. The Morgan fingerprint density at radius 3 is 2.75 bits per heavy atom. The molecule has 6 heteroatoms. The molecular formula is C14H20N2O4. The molecule has 0 aliphatic rings. The summed E-state index contributed by atoms with van der Waals surface area (Å²) in [5.41, 5.74) is 0.817. The van der Waals surface area contributed by atoms with Gasteiger partial charge in [0.05, 0.1) is 7.11 Å².